The first kappa shape index (κ1) is 43.6. The Hall–Kier alpha value is -5.14. The van der Waals surface area contributed by atoms with Gasteiger partial charge < -0.3 is 39.5 Å². The molecule has 1 fully saturated rings. The molecule has 1 heterocycles. The lowest BCUT2D eigenvalue weighted by atomic mass is 9.98. The number of carbonyl (C=O) groups is 4. The van der Waals surface area contributed by atoms with Gasteiger partial charge in [-0.2, -0.15) is 0 Å². The molecular formula is C43H60N6O7. The van der Waals surface area contributed by atoms with E-state index in [9.17, 15) is 24.3 Å². The number of carboxylic acid groups (broad SMARTS) is 1. The Morgan fingerprint density at radius 2 is 1.45 bits per heavy atom. The number of piperidine rings is 1. The van der Waals surface area contributed by atoms with Gasteiger partial charge in [-0.15, -0.1) is 0 Å². The van der Waals surface area contributed by atoms with E-state index in [2.05, 4.69) is 10.2 Å². The highest BCUT2D eigenvalue weighted by atomic mass is 16.6. The van der Waals surface area contributed by atoms with Crippen LogP contribution >= 0.6 is 0 Å². The predicted octanol–water partition coefficient (Wildman–Crippen LogP) is 6.61. The van der Waals surface area contributed by atoms with Crippen molar-refractivity contribution in [2.24, 2.45) is 0 Å². The van der Waals surface area contributed by atoms with Gasteiger partial charge in [-0.25, -0.2) is 9.59 Å². The molecule has 3 aromatic rings. The van der Waals surface area contributed by atoms with Crippen molar-refractivity contribution in [3.05, 3.63) is 84.4 Å². The molecule has 0 saturated carbocycles. The van der Waals surface area contributed by atoms with Crippen LogP contribution in [-0.4, -0.2) is 141 Å². The number of hydrogen-bond donors (Lipinski definition) is 2. The minimum absolute atomic E-state index is 0.0164. The van der Waals surface area contributed by atoms with Crippen molar-refractivity contribution in [1.82, 2.24) is 19.6 Å². The Morgan fingerprint density at radius 3 is 2.11 bits per heavy atom. The highest BCUT2D eigenvalue weighted by molar-refractivity contribution is 5.94. The van der Waals surface area contributed by atoms with E-state index in [1.54, 1.807) is 43.1 Å². The number of nitrogens with zero attached hydrogens (tertiary/aromatic N) is 5. The van der Waals surface area contributed by atoms with Crippen molar-refractivity contribution in [3.63, 3.8) is 0 Å². The molecule has 304 valence electrons. The van der Waals surface area contributed by atoms with E-state index in [-0.39, 0.29) is 30.4 Å². The second-order valence-corrected chi connectivity index (χ2v) is 15.3. The molecule has 4 rings (SSSR count). The largest absolute Gasteiger partial charge is 0.465 e. The molecule has 0 unspecified atom stereocenters. The van der Waals surface area contributed by atoms with E-state index in [0.717, 1.165) is 36.4 Å². The summed E-state index contributed by atoms with van der Waals surface area (Å²) in [5.74, 6) is -0.0783. The maximum atomic E-state index is 12.9. The zero-order valence-electron chi connectivity index (χ0n) is 33.9. The normalized spacial score (nSPS) is 13.5. The van der Waals surface area contributed by atoms with Crippen LogP contribution in [-0.2, 0) is 14.3 Å². The number of likely N-dealkylation sites (N-methyl/N-ethyl adjacent to an activating group) is 1. The molecule has 0 spiro atoms. The number of rotatable bonds is 18. The monoisotopic (exact) mass is 772 g/mol. The lowest BCUT2D eigenvalue weighted by Gasteiger charge is -2.38. The van der Waals surface area contributed by atoms with Crippen molar-refractivity contribution < 1.29 is 33.8 Å². The summed E-state index contributed by atoms with van der Waals surface area (Å²) < 4.78 is 11.1. The predicted molar refractivity (Wildman–Crippen MR) is 220 cm³/mol. The van der Waals surface area contributed by atoms with Crippen LogP contribution in [0.15, 0.2) is 78.9 Å². The molecule has 13 nitrogen and oxygen atoms in total. The molecule has 0 bridgehead atoms. The van der Waals surface area contributed by atoms with Crippen molar-refractivity contribution in [3.8, 4) is 11.1 Å². The van der Waals surface area contributed by atoms with E-state index in [1.807, 2.05) is 87.5 Å². The van der Waals surface area contributed by atoms with Crippen LogP contribution in [0.4, 0.5) is 21.0 Å². The van der Waals surface area contributed by atoms with E-state index in [4.69, 9.17) is 9.47 Å². The van der Waals surface area contributed by atoms with Crippen molar-refractivity contribution in [1.29, 1.82) is 0 Å². The molecule has 2 N–H and O–H groups in total. The summed E-state index contributed by atoms with van der Waals surface area (Å²) in [6.07, 6.45) is 1.01. The van der Waals surface area contributed by atoms with Gasteiger partial charge in [0, 0.05) is 89.8 Å². The number of para-hydroxylation sites is 1. The van der Waals surface area contributed by atoms with Crippen LogP contribution in [0.1, 0.15) is 56.8 Å². The smallest absolute Gasteiger partial charge is 0.412 e. The summed E-state index contributed by atoms with van der Waals surface area (Å²) in [5.41, 5.74) is 3.47. The van der Waals surface area contributed by atoms with Crippen LogP contribution in [0.3, 0.4) is 0 Å². The highest BCUT2D eigenvalue weighted by Crippen LogP contribution is 2.34. The second-order valence-electron chi connectivity index (χ2n) is 15.3. The average molecular weight is 773 g/mol. The molecule has 13 heteroatoms. The van der Waals surface area contributed by atoms with Crippen LogP contribution in [0.5, 0.6) is 0 Å². The van der Waals surface area contributed by atoms with Gasteiger partial charge in [0.2, 0.25) is 5.91 Å². The average Bonchev–Trinajstić information content (AvgIpc) is 3.18. The van der Waals surface area contributed by atoms with Gasteiger partial charge in [0.1, 0.15) is 5.60 Å². The van der Waals surface area contributed by atoms with Crippen LogP contribution in [0, 0.1) is 0 Å². The minimum atomic E-state index is -0.947. The standard InChI is InChI=1S/C43H60N6O7/c1-43(2,3)56-42(54)47(6)26-12-25-46(5)40(51)34-17-19-35(20-18-34)44-24-32-55-31-23-39(50)45(4)29-30-48-27-21-36(22-28-48)49(41(52)53)38-16-11-10-15-37(38)33-13-8-7-9-14-33/h7-11,13-20,36,44H,12,21-32H2,1-6H3,(H,52,53). The van der Waals surface area contributed by atoms with Gasteiger partial charge in [0.15, 0.2) is 0 Å². The van der Waals surface area contributed by atoms with Crippen molar-refractivity contribution in [2.45, 2.75) is 58.1 Å². The number of carbonyl (C=O) groups excluding carboxylic acids is 3. The molecule has 4 amide bonds. The van der Waals surface area contributed by atoms with Gasteiger partial charge >= 0.3 is 12.2 Å². The molecule has 0 aromatic heterocycles. The molecule has 3 aromatic carbocycles. The van der Waals surface area contributed by atoms with Gasteiger partial charge in [-0.1, -0.05) is 48.5 Å². The number of nitrogens with one attached hydrogen (secondary N) is 1. The maximum Gasteiger partial charge on any atom is 0.412 e. The maximum absolute atomic E-state index is 12.9. The first-order valence-corrected chi connectivity index (χ1v) is 19.5. The van der Waals surface area contributed by atoms with E-state index in [1.165, 1.54) is 9.80 Å². The molecule has 0 atom stereocenters. The summed E-state index contributed by atoms with van der Waals surface area (Å²) in [6, 6.07) is 24.7. The summed E-state index contributed by atoms with van der Waals surface area (Å²) >= 11 is 0. The highest BCUT2D eigenvalue weighted by Gasteiger charge is 2.31. The Kier molecular flexibility index (Phi) is 16.5. The Labute approximate surface area is 332 Å². The molecule has 0 radical (unpaired) electrons. The number of anilines is 2. The minimum Gasteiger partial charge on any atom is -0.465 e. The van der Waals surface area contributed by atoms with E-state index >= 15 is 0 Å². The number of likely N-dealkylation sites (tertiary alicyclic amines) is 1. The first-order chi connectivity index (χ1) is 26.7. The Balaban J connectivity index is 1.08. The quantitative estimate of drug-likeness (QED) is 0.137. The van der Waals surface area contributed by atoms with Gasteiger partial charge in [-0.05, 0) is 75.9 Å². The number of ether oxygens (including phenoxy) is 2. The molecular weight excluding hydrogens is 713 g/mol. The second kappa shape index (κ2) is 21.2. The summed E-state index contributed by atoms with van der Waals surface area (Å²) in [7, 11) is 5.24. The Bertz CT molecular complexity index is 1710. The summed E-state index contributed by atoms with van der Waals surface area (Å²) in [5, 5.41) is 13.5. The van der Waals surface area contributed by atoms with Crippen LogP contribution in [0.2, 0.25) is 0 Å². The third kappa shape index (κ3) is 13.6. The zero-order valence-corrected chi connectivity index (χ0v) is 33.9. The molecule has 1 aliphatic rings. The fraction of sp³-hybridized carbons (Fsp3) is 0.488. The third-order valence-electron chi connectivity index (χ3n) is 9.76. The summed E-state index contributed by atoms with van der Waals surface area (Å²) in [6.45, 7) is 10.6. The zero-order chi connectivity index (χ0) is 40.7. The van der Waals surface area contributed by atoms with Crippen LogP contribution in [0.25, 0.3) is 11.1 Å². The number of hydrogen-bond acceptors (Lipinski definition) is 8. The van der Waals surface area contributed by atoms with Crippen molar-refractivity contribution in [2.75, 3.05) is 90.4 Å². The Morgan fingerprint density at radius 1 is 0.804 bits per heavy atom. The fourth-order valence-electron chi connectivity index (χ4n) is 6.57. The third-order valence-corrected chi connectivity index (χ3v) is 9.76. The lowest BCUT2D eigenvalue weighted by Crippen LogP contribution is -2.48. The SMILES string of the molecule is CN(CCN1CCC(N(C(=O)O)c2ccccc2-c2ccccc2)CC1)C(=O)CCOCCNc1ccc(C(=O)N(C)CCCN(C)C(=O)OC(C)(C)C)cc1. The first-order valence-electron chi connectivity index (χ1n) is 19.5. The summed E-state index contributed by atoms with van der Waals surface area (Å²) in [4.78, 5) is 59.0. The van der Waals surface area contributed by atoms with E-state index in [0.29, 0.717) is 69.9 Å². The fourth-order valence-corrected chi connectivity index (χ4v) is 6.57. The van der Waals surface area contributed by atoms with Gasteiger partial charge in [0.25, 0.3) is 5.91 Å². The number of amides is 4. The van der Waals surface area contributed by atoms with E-state index < -0.39 is 11.7 Å². The lowest BCUT2D eigenvalue weighted by molar-refractivity contribution is -0.131. The molecule has 1 saturated heterocycles. The topological polar surface area (TPSA) is 135 Å². The van der Waals surface area contributed by atoms with Crippen molar-refractivity contribution >= 4 is 35.4 Å². The number of benzene rings is 3. The molecule has 0 aliphatic carbocycles. The molecule has 56 heavy (non-hydrogen) atoms. The van der Waals surface area contributed by atoms with Crippen LogP contribution < -0.4 is 10.2 Å². The van der Waals surface area contributed by atoms with Gasteiger partial charge in [0.05, 0.1) is 25.3 Å². The van der Waals surface area contributed by atoms with Gasteiger partial charge in [-0.3, -0.25) is 14.5 Å². The molecule has 1 aliphatic heterocycles.